The van der Waals surface area contributed by atoms with Crippen LogP contribution in [-0.2, 0) is 9.22 Å². The number of carbonyl (C=O) groups is 1. The van der Waals surface area contributed by atoms with Gasteiger partial charge in [-0.1, -0.05) is 25.8 Å². The highest BCUT2D eigenvalue weighted by atomic mass is 28.2. The third-order valence-electron chi connectivity index (χ3n) is 2.15. The Morgan fingerprint density at radius 3 is 2.53 bits per heavy atom. The van der Waals surface area contributed by atoms with Gasteiger partial charge >= 0.3 is 5.97 Å². The number of unbranched alkanes of at least 4 members (excludes halogenated alkanes) is 1. The van der Waals surface area contributed by atoms with Crippen molar-refractivity contribution in [3.63, 3.8) is 0 Å². The minimum absolute atomic E-state index is 0.00849. The van der Waals surface area contributed by atoms with Crippen molar-refractivity contribution in [2.24, 2.45) is 0 Å². The summed E-state index contributed by atoms with van der Waals surface area (Å²) in [7, 11) is 0.00849. The molecule has 4 heteroatoms. The lowest BCUT2D eigenvalue weighted by molar-refractivity contribution is -0.132. The molecule has 0 amide bonds. The van der Waals surface area contributed by atoms with E-state index < -0.39 is 5.97 Å². The highest BCUT2D eigenvalue weighted by Gasteiger charge is 1.96. The van der Waals surface area contributed by atoms with Crippen LogP contribution in [-0.4, -0.2) is 27.4 Å². The van der Waals surface area contributed by atoms with Gasteiger partial charge < -0.3 is 9.53 Å². The standard InChI is InChI=1S/C7H12O2.C4H10OSi/c1-3-4-5-6(2)7(8)9;1-2-4-6-5-3-1/h5H,3-4H2,1-2H3,(H,8,9);1-4,6H2/b6-5+;. The number of hydrogen-bond acceptors (Lipinski definition) is 2. The minimum atomic E-state index is -0.816. The fourth-order valence-electron chi connectivity index (χ4n) is 1.14. The van der Waals surface area contributed by atoms with E-state index in [4.69, 9.17) is 9.53 Å². The highest BCUT2D eigenvalue weighted by molar-refractivity contribution is 6.27. The molecule has 0 aliphatic carbocycles. The van der Waals surface area contributed by atoms with Crippen molar-refractivity contribution in [2.75, 3.05) is 6.61 Å². The zero-order valence-corrected chi connectivity index (χ0v) is 11.2. The summed E-state index contributed by atoms with van der Waals surface area (Å²) in [6.45, 7) is 4.69. The Kier molecular flexibility index (Phi) is 9.52. The fourth-order valence-corrected chi connectivity index (χ4v) is 2.31. The maximum Gasteiger partial charge on any atom is 0.330 e. The second kappa shape index (κ2) is 9.92. The second-order valence-corrected chi connectivity index (χ2v) is 5.18. The topological polar surface area (TPSA) is 46.5 Å². The van der Waals surface area contributed by atoms with Crippen LogP contribution in [0.2, 0.25) is 6.04 Å². The molecule has 15 heavy (non-hydrogen) atoms. The van der Waals surface area contributed by atoms with Crippen molar-refractivity contribution < 1.29 is 14.3 Å². The average molecular weight is 230 g/mol. The van der Waals surface area contributed by atoms with Crippen LogP contribution in [0, 0.1) is 0 Å². The summed E-state index contributed by atoms with van der Waals surface area (Å²) in [6.07, 6.45) is 6.35. The molecule has 1 heterocycles. The zero-order chi connectivity index (χ0) is 11.5. The first-order valence-corrected chi connectivity index (χ1v) is 7.24. The number of aliphatic carboxylic acids is 1. The molecule has 0 atom stereocenters. The number of hydrogen-bond donors (Lipinski definition) is 1. The Balaban J connectivity index is 0.000000280. The Hall–Kier alpha value is -0.613. The van der Waals surface area contributed by atoms with Crippen LogP contribution >= 0.6 is 0 Å². The quantitative estimate of drug-likeness (QED) is 0.596. The van der Waals surface area contributed by atoms with Crippen molar-refractivity contribution in [2.45, 2.75) is 45.6 Å². The smallest absolute Gasteiger partial charge is 0.330 e. The maximum absolute atomic E-state index is 10.1. The van der Waals surface area contributed by atoms with E-state index in [1.807, 2.05) is 6.92 Å². The summed E-state index contributed by atoms with van der Waals surface area (Å²) in [4.78, 5) is 10.1. The normalized spacial score (nSPS) is 18.1. The molecule has 0 spiro atoms. The molecule has 1 rings (SSSR count). The van der Waals surface area contributed by atoms with Gasteiger partial charge in [-0.05, 0) is 25.8 Å². The van der Waals surface area contributed by atoms with Gasteiger partial charge in [0, 0.05) is 12.2 Å². The SMILES string of the molecule is C1CC[SiH2]OC1.CCC/C=C(\C)C(=O)O. The number of allylic oxidation sites excluding steroid dienone is 1. The number of carboxylic acid groups (broad SMARTS) is 1. The van der Waals surface area contributed by atoms with Crippen LogP contribution in [0.1, 0.15) is 39.5 Å². The Morgan fingerprint density at radius 2 is 2.27 bits per heavy atom. The van der Waals surface area contributed by atoms with Crippen molar-refractivity contribution in [3.05, 3.63) is 11.6 Å². The highest BCUT2D eigenvalue weighted by Crippen LogP contribution is 2.01. The summed E-state index contributed by atoms with van der Waals surface area (Å²) >= 11 is 0. The molecule has 88 valence electrons. The molecule has 1 aliphatic rings. The predicted molar refractivity (Wildman–Crippen MR) is 64.8 cm³/mol. The van der Waals surface area contributed by atoms with Crippen molar-refractivity contribution in [1.82, 2.24) is 0 Å². The Bertz CT molecular complexity index is 186. The van der Waals surface area contributed by atoms with Gasteiger partial charge in [-0.25, -0.2) is 4.79 Å². The van der Waals surface area contributed by atoms with Crippen molar-refractivity contribution in [1.29, 1.82) is 0 Å². The molecule has 0 aromatic rings. The summed E-state index contributed by atoms with van der Waals surface area (Å²) < 4.78 is 5.21. The van der Waals surface area contributed by atoms with E-state index in [0.717, 1.165) is 19.4 Å². The fraction of sp³-hybridized carbons (Fsp3) is 0.727. The Labute approximate surface area is 94.5 Å². The molecule has 3 nitrogen and oxygen atoms in total. The lowest BCUT2D eigenvalue weighted by atomic mass is 10.2. The van der Waals surface area contributed by atoms with E-state index in [9.17, 15) is 4.79 Å². The van der Waals surface area contributed by atoms with Gasteiger partial charge in [0.05, 0.1) is 0 Å². The van der Waals surface area contributed by atoms with Gasteiger partial charge in [-0.3, -0.25) is 0 Å². The largest absolute Gasteiger partial charge is 0.478 e. The molecule has 1 fully saturated rings. The monoisotopic (exact) mass is 230 g/mol. The van der Waals surface area contributed by atoms with E-state index in [2.05, 4.69) is 0 Å². The van der Waals surface area contributed by atoms with Gasteiger partial charge in [-0.15, -0.1) is 0 Å². The minimum Gasteiger partial charge on any atom is -0.478 e. The average Bonchev–Trinajstić information content (AvgIpc) is 2.29. The van der Waals surface area contributed by atoms with Gasteiger partial charge in [0.1, 0.15) is 0 Å². The summed E-state index contributed by atoms with van der Waals surface area (Å²) in [5.41, 5.74) is 0.442. The van der Waals surface area contributed by atoms with E-state index in [0.29, 0.717) is 5.57 Å². The first-order chi connectivity index (χ1) is 7.18. The summed E-state index contributed by atoms with van der Waals surface area (Å²) in [5, 5.41) is 8.34. The third kappa shape index (κ3) is 9.69. The Morgan fingerprint density at radius 1 is 1.53 bits per heavy atom. The number of carboxylic acids is 1. The van der Waals surface area contributed by atoms with E-state index in [-0.39, 0.29) is 9.76 Å². The molecule has 0 bridgehead atoms. The van der Waals surface area contributed by atoms with Crippen molar-refractivity contribution >= 4 is 15.7 Å². The van der Waals surface area contributed by atoms with Crippen LogP contribution in [0.4, 0.5) is 0 Å². The predicted octanol–water partition coefficient (Wildman–Crippen LogP) is 2.12. The summed E-state index contributed by atoms with van der Waals surface area (Å²) in [6, 6.07) is 1.42. The summed E-state index contributed by atoms with van der Waals surface area (Å²) in [5.74, 6) is -0.816. The first kappa shape index (κ1) is 14.4. The van der Waals surface area contributed by atoms with Gasteiger partial charge in [-0.2, -0.15) is 0 Å². The van der Waals surface area contributed by atoms with Gasteiger partial charge in [0.25, 0.3) is 0 Å². The second-order valence-electron chi connectivity index (χ2n) is 3.65. The molecule has 1 aliphatic heterocycles. The maximum atomic E-state index is 10.1. The van der Waals surface area contributed by atoms with Crippen LogP contribution < -0.4 is 0 Å². The van der Waals surface area contributed by atoms with Gasteiger partial charge in [0.2, 0.25) is 0 Å². The molecule has 0 aromatic heterocycles. The van der Waals surface area contributed by atoms with Gasteiger partial charge in [0.15, 0.2) is 9.76 Å². The van der Waals surface area contributed by atoms with E-state index >= 15 is 0 Å². The number of rotatable bonds is 3. The lowest BCUT2D eigenvalue weighted by Crippen LogP contribution is -2.06. The molecular formula is C11H22O3Si. The van der Waals surface area contributed by atoms with Crippen LogP contribution in [0.3, 0.4) is 0 Å². The first-order valence-electron chi connectivity index (χ1n) is 5.66. The van der Waals surface area contributed by atoms with Crippen LogP contribution in [0.15, 0.2) is 11.6 Å². The molecule has 0 saturated carbocycles. The molecule has 0 aromatic carbocycles. The molecule has 1 N–H and O–H groups in total. The zero-order valence-electron chi connectivity index (χ0n) is 9.79. The van der Waals surface area contributed by atoms with Crippen LogP contribution in [0.25, 0.3) is 0 Å². The third-order valence-corrected chi connectivity index (χ3v) is 3.52. The molecular weight excluding hydrogens is 208 g/mol. The van der Waals surface area contributed by atoms with E-state index in [1.54, 1.807) is 13.0 Å². The van der Waals surface area contributed by atoms with E-state index in [1.165, 1.54) is 18.9 Å². The molecule has 0 unspecified atom stereocenters. The molecule has 0 radical (unpaired) electrons. The van der Waals surface area contributed by atoms with Crippen molar-refractivity contribution in [3.8, 4) is 0 Å². The van der Waals surface area contributed by atoms with Crippen LogP contribution in [0.5, 0.6) is 0 Å². The molecule has 1 saturated heterocycles. The lowest BCUT2D eigenvalue weighted by Gasteiger charge is -2.07.